The maximum absolute atomic E-state index is 14.3. The van der Waals surface area contributed by atoms with E-state index in [0.717, 1.165) is 3.57 Å². The summed E-state index contributed by atoms with van der Waals surface area (Å²) in [5, 5.41) is 3.45. The summed E-state index contributed by atoms with van der Waals surface area (Å²) in [6, 6.07) is 6.94. The molecule has 0 fully saturated rings. The van der Waals surface area contributed by atoms with Gasteiger partial charge in [0.25, 0.3) is 0 Å². The summed E-state index contributed by atoms with van der Waals surface area (Å²) < 4.78 is 34.3. The smallest absolute Gasteiger partial charge is 0.134 e. The first kappa shape index (κ1) is 16.5. The number of nitrogens with one attached hydrogen (secondary N) is 1. The molecule has 6 heteroatoms. The Morgan fingerprint density at radius 1 is 1.19 bits per heavy atom. The average Bonchev–Trinajstić information content (AvgIpc) is 2.45. The minimum Gasteiger partial charge on any atom is -0.497 e. The number of halogens is 4. The highest BCUT2D eigenvalue weighted by Crippen LogP contribution is 2.33. The van der Waals surface area contributed by atoms with Crippen LogP contribution in [0, 0.1) is 15.2 Å². The van der Waals surface area contributed by atoms with Crippen molar-refractivity contribution >= 4 is 34.2 Å². The van der Waals surface area contributed by atoms with Gasteiger partial charge in [-0.15, -0.1) is 0 Å². The van der Waals surface area contributed by atoms with Crippen LogP contribution < -0.4 is 10.1 Å². The lowest BCUT2D eigenvalue weighted by Gasteiger charge is -2.20. The largest absolute Gasteiger partial charge is 0.497 e. The fourth-order valence-corrected chi connectivity index (χ4v) is 2.97. The van der Waals surface area contributed by atoms with Gasteiger partial charge in [0.15, 0.2) is 0 Å². The standard InChI is InChI=1S/C15H13ClF2INO/c1-20-15(10-5-8(16)3-4-13(10)19)14-11(17)6-9(21-2)7-12(14)18/h3-7,15,20H,1-2H3. The monoisotopic (exact) mass is 423 g/mol. The number of ether oxygens (including phenoxy) is 1. The van der Waals surface area contributed by atoms with Gasteiger partial charge in [-0.1, -0.05) is 11.6 Å². The van der Waals surface area contributed by atoms with Crippen molar-refractivity contribution in [1.82, 2.24) is 5.32 Å². The van der Waals surface area contributed by atoms with Gasteiger partial charge < -0.3 is 10.1 Å². The predicted octanol–water partition coefficient (Wildman–Crippen LogP) is 4.54. The zero-order valence-electron chi connectivity index (χ0n) is 11.4. The van der Waals surface area contributed by atoms with Crippen LogP contribution in [-0.4, -0.2) is 14.2 Å². The van der Waals surface area contributed by atoms with Gasteiger partial charge in [-0.25, -0.2) is 8.78 Å². The zero-order valence-corrected chi connectivity index (χ0v) is 14.3. The average molecular weight is 424 g/mol. The number of rotatable bonds is 4. The van der Waals surface area contributed by atoms with Gasteiger partial charge >= 0.3 is 0 Å². The second-order valence-corrected chi connectivity index (χ2v) is 5.99. The lowest BCUT2D eigenvalue weighted by molar-refractivity contribution is 0.403. The van der Waals surface area contributed by atoms with E-state index in [-0.39, 0.29) is 11.3 Å². The van der Waals surface area contributed by atoms with Crippen molar-refractivity contribution in [3.8, 4) is 5.75 Å². The molecule has 0 spiro atoms. The molecule has 112 valence electrons. The predicted molar refractivity (Wildman–Crippen MR) is 88.0 cm³/mol. The number of hydrogen-bond donors (Lipinski definition) is 1. The Kier molecular flexibility index (Phi) is 5.40. The molecule has 0 radical (unpaired) electrons. The fourth-order valence-electron chi connectivity index (χ4n) is 2.15. The van der Waals surface area contributed by atoms with Crippen molar-refractivity contribution in [2.75, 3.05) is 14.2 Å². The van der Waals surface area contributed by atoms with Crippen LogP contribution >= 0.6 is 34.2 Å². The molecular weight excluding hydrogens is 411 g/mol. The number of benzene rings is 2. The molecule has 0 heterocycles. The lowest BCUT2D eigenvalue weighted by atomic mass is 9.97. The molecule has 2 rings (SSSR count). The Balaban J connectivity index is 2.59. The highest BCUT2D eigenvalue weighted by molar-refractivity contribution is 14.1. The van der Waals surface area contributed by atoms with Crippen LogP contribution in [0.2, 0.25) is 5.02 Å². The molecule has 0 aliphatic heterocycles. The highest BCUT2D eigenvalue weighted by atomic mass is 127. The Morgan fingerprint density at radius 3 is 2.33 bits per heavy atom. The Labute approximate surface area is 140 Å². The lowest BCUT2D eigenvalue weighted by Crippen LogP contribution is -2.21. The fraction of sp³-hybridized carbons (Fsp3) is 0.200. The Morgan fingerprint density at radius 2 is 1.81 bits per heavy atom. The van der Waals surface area contributed by atoms with Crippen LogP contribution in [0.1, 0.15) is 17.2 Å². The quantitative estimate of drug-likeness (QED) is 0.729. The molecule has 0 aliphatic rings. The maximum Gasteiger partial charge on any atom is 0.134 e. The van der Waals surface area contributed by atoms with Crippen molar-refractivity contribution in [1.29, 1.82) is 0 Å². The molecule has 0 aliphatic carbocycles. The van der Waals surface area contributed by atoms with E-state index in [2.05, 4.69) is 27.9 Å². The first-order chi connectivity index (χ1) is 9.97. The molecule has 0 amide bonds. The van der Waals surface area contributed by atoms with Gasteiger partial charge in [0, 0.05) is 26.3 Å². The van der Waals surface area contributed by atoms with Crippen molar-refractivity contribution in [2.45, 2.75) is 6.04 Å². The summed E-state index contributed by atoms with van der Waals surface area (Å²) >= 11 is 8.11. The second kappa shape index (κ2) is 6.89. The van der Waals surface area contributed by atoms with E-state index in [4.69, 9.17) is 16.3 Å². The van der Waals surface area contributed by atoms with E-state index in [1.54, 1.807) is 19.2 Å². The zero-order chi connectivity index (χ0) is 15.6. The van der Waals surface area contributed by atoms with E-state index in [9.17, 15) is 8.78 Å². The highest BCUT2D eigenvalue weighted by Gasteiger charge is 2.23. The second-order valence-electron chi connectivity index (χ2n) is 4.39. The van der Waals surface area contributed by atoms with Crippen molar-refractivity contribution < 1.29 is 13.5 Å². The Bertz CT molecular complexity index is 643. The molecule has 21 heavy (non-hydrogen) atoms. The summed E-state index contributed by atoms with van der Waals surface area (Å²) in [7, 11) is 3.01. The molecule has 2 aromatic carbocycles. The van der Waals surface area contributed by atoms with E-state index in [0.29, 0.717) is 10.6 Å². The normalized spacial score (nSPS) is 12.3. The Hall–Kier alpha value is -0.920. The summed E-state index contributed by atoms with van der Waals surface area (Å²) in [5.74, 6) is -1.19. The third-order valence-corrected chi connectivity index (χ3v) is 4.35. The summed E-state index contributed by atoms with van der Waals surface area (Å²) in [4.78, 5) is 0. The molecule has 0 bridgehead atoms. The van der Waals surface area contributed by atoms with Crippen LogP contribution in [0.25, 0.3) is 0 Å². The molecule has 1 N–H and O–H groups in total. The van der Waals surface area contributed by atoms with E-state index in [1.165, 1.54) is 19.2 Å². The van der Waals surface area contributed by atoms with E-state index >= 15 is 0 Å². The molecule has 0 aromatic heterocycles. The first-order valence-corrected chi connectivity index (χ1v) is 7.58. The topological polar surface area (TPSA) is 21.3 Å². The summed E-state index contributed by atoms with van der Waals surface area (Å²) in [6.45, 7) is 0. The number of methoxy groups -OCH3 is 1. The summed E-state index contributed by atoms with van der Waals surface area (Å²) in [6.07, 6.45) is 0. The van der Waals surface area contributed by atoms with Crippen LogP contribution in [-0.2, 0) is 0 Å². The third kappa shape index (κ3) is 3.46. The SMILES string of the molecule is CNC(c1cc(Cl)ccc1I)c1c(F)cc(OC)cc1F. The molecule has 2 aromatic rings. The summed E-state index contributed by atoms with van der Waals surface area (Å²) in [5.41, 5.74) is 0.659. The third-order valence-electron chi connectivity index (χ3n) is 3.13. The van der Waals surface area contributed by atoms with Crippen LogP contribution in [0.3, 0.4) is 0 Å². The van der Waals surface area contributed by atoms with Crippen molar-refractivity contribution in [2.24, 2.45) is 0 Å². The van der Waals surface area contributed by atoms with Gasteiger partial charge in [0.2, 0.25) is 0 Å². The minimum atomic E-state index is -0.665. The van der Waals surface area contributed by atoms with Gasteiger partial charge in [0.05, 0.1) is 13.2 Å². The van der Waals surface area contributed by atoms with Gasteiger partial charge in [-0.05, 0) is 53.4 Å². The van der Waals surface area contributed by atoms with Crippen molar-refractivity contribution in [3.05, 3.63) is 61.7 Å². The van der Waals surface area contributed by atoms with Crippen molar-refractivity contribution in [3.63, 3.8) is 0 Å². The van der Waals surface area contributed by atoms with Gasteiger partial charge in [-0.2, -0.15) is 0 Å². The molecule has 0 saturated carbocycles. The number of hydrogen-bond acceptors (Lipinski definition) is 2. The maximum atomic E-state index is 14.3. The van der Waals surface area contributed by atoms with Crippen LogP contribution in [0.5, 0.6) is 5.75 Å². The van der Waals surface area contributed by atoms with Crippen LogP contribution in [0.4, 0.5) is 8.78 Å². The first-order valence-electron chi connectivity index (χ1n) is 6.13. The van der Waals surface area contributed by atoms with Crippen LogP contribution in [0.15, 0.2) is 30.3 Å². The van der Waals surface area contributed by atoms with E-state index < -0.39 is 17.7 Å². The molecule has 0 saturated heterocycles. The minimum absolute atomic E-state index is 0.0570. The molecule has 2 nitrogen and oxygen atoms in total. The van der Waals surface area contributed by atoms with Gasteiger partial charge in [-0.3, -0.25) is 0 Å². The molecule has 1 atom stereocenters. The van der Waals surface area contributed by atoms with Gasteiger partial charge in [0.1, 0.15) is 17.4 Å². The molecular formula is C15H13ClF2INO. The molecule has 1 unspecified atom stereocenters. The van der Waals surface area contributed by atoms with E-state index in [1.807, 2.05) is 6.07 Å².